The van der Waals surface area contributed by atoms with Crippen LogP contribution in [0.5, 0.6) is 0 Å². The molecule has 0 atom stereocenters. The van der Waals surface area contributed by atoms with Gasteiger partial charge in [0.25, 0.3) is 5.91 Å². The first-order chi connectivity index (χ1) is 9.49. The molecule has 0 saturated carbocycles. The summed E-state index contributed by atoms with van der Waals surface area (Å²) in [6.45, 7) is 2.56. The van der Waals surface area contributed by atoms with Gasteiger partial charge in [0, 0.05) is 37.5 Å². The van der Waals surface area contributed by atoms with E-state index in [2.05, 4.69) is 15.5 Å². The van der Waals surface area contributed by atoms with E-state index in [1.54, 1.807) is 38.5 Å². The molecule has 0 fully saturated rings. The number of nitrogens with zero attached hydrogens (tertiary/aromatic N) is 2. The highest BCUT2D eigenvalue weighted by molar-refractivity contribution is 5.95. The van der Waals surface area contributed by atoms with Crippen LogP contribution in [0.25, 0.3) is 0 Å². The van der Waals surface area contributed by atoms with Gasteiger partial charge in [0.2, 0.25) is 0 Å². The summed E-state index contributed by atoms with van der Waals surface area (Å²) in [6.07, 6.45) is 1.77. The molecule has 20 heavy (non-hydrogen) atoms. The number of benzene rings is 1. The molecule has 0 aliphatic heterocycles. The van der Waals surface area contributed by atoms with E-state index in [9.17, 15) is 4.79 Å². The molecular formula is C14H19N5O. The second-order valence-electron chi connectivity index (χ2n) is 4.88. The molecule has 0 aliphatic carbocycles. The number of nitrogens with one attached hydrogen (secondary N) is 2. The standard InChI is InChI=1S/C14H19N5O/c1-9-11(8-17-18-9)7-16-13-6-10(4-5-12(13)15)14(20)19(2)3/h4-6,8,16H,7,15H2,1-3H3,(H,17,18). The summed E-state index contributed by atoms with van der Waals surface area (Å²) < 4.78 is 0. The maximum absolute atomic E-state index is 11.9. The van der Waals surface area contributed by atoms with Gasteiger partial charge < -0.3 is 16.0 Å². The number of nitrogen functional groups attached to an aromatic ring is 1. The molecule has 0 radical (unpaired) electrons. The van der Waals surface area contributed by atoms with Crippen LogP contribution >= 0.6 is 0 Å². The molecule has 0 aliphatic rings. The van der Waals surface area contributed by atoms with Crippen LogP contribution in [0.3, 0.4) is 0 Å². The zero-order chi connectivity index (χ0) is 14.7. The summed E-state index contributed by atoms with van der Waals surface area (Å²) in [5.74, 6) is -0.0486. The Morgan fingerprint density at radius 3 is 2.80 bits per heavy atom. The number of aryl methyl sites for hydroxylation is 1. The Bertz CT molecular complexity index is 618. The first-order valence-electron chi connectivity index (χ1n) is 6.33. The molecule has 6 nitrogen and oxygen atoms in total. The highest BCUT2D eigenvalue weighted by Crippen LogP contribution is 2.21. The molecule has 0 unspecified atom stereocenters. The van der Waals surface area contributed by atoms with Gasteiger partial charge in [-0.2, -0.15) is 5.10 Å². The highest BCUT2D eigenvalue weighted by Gasteiger charge is 2.10. The van der Waals surface area contributed by atoms with Gasteiger partial charge in [0.15, 0.2) is 0 Å². The van der Waals surface area contributed by atoms with Gasteiger partial charge in [-0.05, 0) is 25.1 Å². The molecule has 2 rings (SSSR count). The Kier molecular flexibility index (Phi) is 3.93. The van der Waals surface area contributed by atoms with Gasteiger partial charge in [-0.3, -0.25) is 9.89 Å². The number of nitrogens with two attached hydrogens (primary N) is 1. The molecule has 4 N–H and O–H groups in total. The van der Waals surface area contributed by atoms with Crippen molar-refractivity contribution in [3.8, 4) is 0 Å². The predicted octanol–water partition coefficient (Wildman–Crippen LogP) is 1.61. The topological polar surface area (TPSA) is 87.0 Å². The first-order valence-corrected chi connectivity index (χ1v) is 6.33. The molecule has 1 aromatic heterocycles. The lowest BCUT2D eigenvalue weighted by molar-refractivity contribution is 0.0827. The second kappa shape index (κ2) is 5.64. The number of anilines is 2. The fraction of sp³-hybridized carbons (Fsp3) is 0.286. The van der Waals surface area contributed by atoms with Crippen LogP contribution in [0.15, 0.2) is 24.4 Å². The van der Waals surface area contributed by atoms with Crippen molar-refractivity contribution in [3.05, 3.63) is 41.2 Å². The quantitative estimate of drug-likeness (QED) is 0.739. The van der Waals surface area contributed by atoms with Crippen molar-refractivity contribution in [2.24, 2.45) is 0 Å². The van der Waals surface area contributed by atoms with E-state index in [0.29, 0.717) is 17.8 Å². The van der Waals surface area contributed by atoms with E-state index in [0.717, 1.165) is 16.9 Å². The first kappa shape index (κ1) is 13.9. The second-order valence-corrected chi connectivity index (χ2v) is 4.88. The van der Waals surface area contributed by atoms with Crippen LogP contribution in [0, 0.1) is 6.92 Å². The van der Waals surface area contributed by atoms with Crippen molar-refractivity contribution < 1.29 is 4.79 Å². The Morgan fingerprint density at radius 1 is 1.45 bits per heavy atom. The molecule has 0 saturated heterocycles. The van der Waals surface area contributed by atoms with Crippen LogP contribution in [-0.4, -0.2) is 35.1 Å². The third kappa shape index (κ3) is 2.90. The predicted molar refractivity (Wildman–Crippen MR) is 79.5 cm³/mol. The number of rotatable bonds is 4. The molecule has 2 aromatic rings. The lowest BCUT2D eigenvalue weighted by Crippen LogP contribution is -2.21. The van der Waals surface area contributed by atoms with E-state index >= 15 is 0 Å². The molecule has 1 aromatic carbocycles. The van der Waals surface area contributed by atoms with Gasteiger partial charge in [0.1, 0.15) is 0 Å². The van der Waals surface area contributed by atoms with Crippen molar-refractivity contribution in [2.75, 3.05) is 25.1 Å². The lowest BCUT2D eigenvalue weighted by atomic mass is 10.1. The average Bonchev–Trinajstić information content (AvgIpc) is 2.82. The minimum atomic E-state index is -0.0486. The Labute approximate surface area is 118 Å². The SMILES string of the molecule is Cc1[nH]ncc1CNc1cc(C(=O)N(C)C)ccc1N. The summed E-state index contributed by atoms with van der Waals surface area (Å²) in [7, 11) is 3.45. The summed E-state index contributed by atoms with van der Waals surface area (Å²) in [5.41, 5.74) is 9.97. The number of amides is 1. The number of carbonyl (C=O) groups is 1. The van der Waals surface area contributed by atoms with E-state index < -0.39 is 0 Å². The van der Waals surface area contributed by atoms with Crippen LogP contribution in [-0.2, 0) is 6.54 Å². The third-order valence-electron chi connectivity index (χ3n) is 3.11. The zero-order valence-corrected chi connectivity index (χ0v) is 11.9. The largest absolute Gasteiger partial charge is 0.397 e. The van der Waals surface area contributed by atoms with Gasteiger partial charge >= 0.3 is 0 Å². The molecule has 1 heterocycles. The van der Waals surface area contributed by atoms with Crippen LogP contribution < -0.4 is 11.1 Å². The number of carbonyl (C=O) groups excluding carboxylic acids is 1. The fourth-order valence-electron chi connectivity index (χ4n) is 1.84. The fourth-order valence-corrected chi connectivity index (χ4v) is 1.84. The number of H-pyrrole nitrogens is 1. The minimum absolute atomic E-state index is 0.0486. The van der Waals surface area contributed by atoms with Gasteiger partial charge in [-0.1, -0.05) is 0 Å². The van der Waals surface area contributed by atoms with Gasteiger partial charge in [-0.25, -0.2) is 0 Å². The maximum Gasteiger partial charge on any atom is 0.253 e. The number of hydrogen-bond donors (Lipinski definition) is 3. The van der Waals surface area contributed by atoms with Crippen molar-refractivity contribution in [1.29, 1.82) is 0 Å². The molecule has 106 valence electrons. The zero-order valence-electron chi connectivity index (χ0n) is 11.9. The van der Waals surface area contributed by atoms with Gasteiger partial charge in [-0.15, -0.1) is 0 Å². The minimum Gasteiger partial charge on any atom is -0.397 e. The molecular weight excluding hydrogens is 254 g/mol. The normalized spacial score (nSPS) is 10.3. The van der Waals surface area contributed by atoms with Crippen LogP contribution in [0.2, 0.25) is 0 Å². The summed E-state index contributed by atoms with van der Waals surface area (Å²) in [5, 5.41) is 10.1. The van der Waals surface area contributed by atoms with Crippen LogP contribution in [0.4, 0.5) is 11.4 Å². The molecule has 1 amide bonds. The highest BCUT2D eigenvalue weighted by atomic mass is 16.2. The molecule has 0 spiro atoms. The summed E-state index contributed by atoms with van der Waals surface area (Å²) in [6, 6.07) is 5.24. The summed E-state index contributed by atoms with van der Waals surface area (Å²) >= 11 is 0. The Hall–Kier alpha value is -2.50. The maximum atomic E-state index is 11.9. The molecule has 0 bridgehead atoms. The monoisotopic (exact) mass is 273 g/mol. The van der Waals surface area contributed by atoms with E-state index in [1.165, 1.54) is 4.90 Å². The van der Waals surface area contributed by atoms with Crippen molar-refractivity contribution in [3.63, 3.8) is 0 Å². The van der Waals surface area contributed by atoms with Gasteiger partial charge in [0.05, 0.1) is 17.6 Å². The van der Waals surface area contributed by atoms with Crippen molar-refractivity contribution >= 4 is 17.3 Å². The van der Waals surface area contributed by atoms with E-state index in [4.69, 9.17) is 5.73 Å². The number of hydrogen-bond acceptors (Lipinski definition) is 4. The summed E-state index contributed by atoms with van der Waals surface area (Å²) in [4.78, 5) is 13.5. The number of aromatic nitrogens is 2. The molecule has 6 heteroatoms. The van der Waals surface area contributed by atoms with Crippen molar-refractivity contribution in [1.82, 2.24) is 15.1 Å². The Morgan fingerprint density at radius 2 is 2.20 bits per heavy atom. The van der Waals surface area contributed by atoms with E-state index in [1.807, 2.05) is 6.92 Å². The average molecular weight is 273 g/mol. The van der Waals surface area contributed by atoms with Crippen LogP contribution in [0.1, 0.15) is 21.6 Å². The van der Waals surface area contributed by atoms with E-state index in [-0.39, 0.29) is 5.91 Å². The third-order valence-corrected chi connectivity index (χ3v) is 3.11. The lowest BCUT2D eigenvalue weighted by Gasteiger charge is -2.14. The smallest absolute Gasteiger partial charge is 0.253 e. The number of aromatic amines is 1. The van der Waals surface area contributed by atoms with Crippen molar-refractivity contribution in [2.45, 2.75) is 13.5 Å². The Balaban J connectivity index is 2.17.